The highest BCUT2D eigenvalue weighted by Crippen LogP contribution is 1.70. The Morgan fingerprint density at radius 3 is 3.17 bits per heavy atom. The lowest BCUT2D eigenvalue weighted by molar-refractivity contribution is 0.317. The SMILES string of the molecule is [2H]C([2H])([2H])C/C(N)=N/O. The molecule has 0 aromatic rings. The van der Waals surface area contributed by atoms with Gasteiger partial charge in [-0.1, -0.05) is 12.0 Å². The van der Waals surface area contributed by atoms with Crippen LogP contribution in [0.1, 0.15) is 17.4 Å². The van der Waals surface area contributed by atoms with Crippen LogP contribution < -0.4 is 5.73 Å². The predicted molar refractivity (Wildman–Crippen MR) is 23.7 cm³/mol. The molecule has 0 aliphatic heterocycles. The molecule has 0 atom stereocenters. The second kappa shape index (κ2) is 2.50. The molecule has 0 saturated carbocycles. The van der Waals surface area contributed by atoms with E-state index in [0.29, 0.717) is 0 Å². The molecule has 0 rings (SSSR count). The lowest BCUT2D eigenvalue weighted by atomic mass is 10.5. The van der Waals surface area contributed by atoms with Crippen LogP contribution in [-0.4, -0.2) is 11.0 Å². The Kier molecular flexibility index (Phi) is 0.759. The average Bonchev–Trinajstić information content (AvgIpc) is 1.62. The number of amidine groups is 1. The standard InChI is InChI=1S/C3H8N2O/c1-2-3(4)5-6/h6H,2H2,1H3,(H2,4,5)/i1D3. The van der Waals surface area contributed by atoms with Gasteiger partial charge in [-0.3, -0.25) is 0 Å². The van der Waals surface area contributed by atoms with Crippen LogP contribution in [0.4, 0.5) is 0 Å². The van der Waals surface area contributed by atoms with Crippen molar-refractivity contribution in [2.24, 2.45) is 10.9 Å². The van der Waals surface area contributed by atoms with Crippen LogP contribution in [-0.2, 0) is 0 Å². The summed E-state index contributed by atoms with van der Waals surface area (Å²) in [6.45, 7) is -2.14. The van der Waals surface area contributed by atoms with Gasteiger partial charge >= 0.3 is 0 Å². The summed E-state index contributed by atoms with van der Waals surface area (Å²) in [6, 6.07) is 0. The van der Waals surface area contributed by atoms with Gasteiger partial charge in [0.15, 0.2) is 0 Å². The van der Waals surface area contributed by atoms with Crippen molar-refractivity contribution in [1.29, 1.82) is 0 Å². The van der Waals surface area contributed by atoms with E-state index in [1.54, 1.807) is 0 Å². The van der Waals surface area contributed by atoms with Crippen LogP contribution in [0.5, 0.6) is 0 Å². The molecule has 0 aliphatic rings. The highest BCUT2D eigenvalue weighted by molar-refractivity contribution is 5.79. The van der Waals surface area contributed by atoms with E-state index in [4.69, 9.17) is 15.1 Å². The van der Waals surface area contributed by atoms with Crippen LogP contribution in [0, 0.1) is 0 Å². The van der Waals surface area contributed by atoms with Gasteiger partial charge < -0.3 is 10.9 Å². The van der Waals surface area contributed by atoms with Gasteiger partial charge in [-0.05, 0) is 0 Å². The van der Waals surface area contributed by atoms with E-state index in [2.05, 4.69) is 5.16 Å². The summed E-state index contributed by atoms with van der Waals surface area (Å²) in [4.78, 5) is 0. The summed E-state index contributed by atoms with van der Waals surface area (Å²) in [7, 11) is 0. The first-order chi connectivity index (χ1) is 3.95. The van der Waals surface area contributed by atoms with Gasteiger partial charge in [-0.15, -0.1) is 0 Å². The molecule has 0 saturated heterocycles. The lowest BCUT2D eigenvalue weighted by Crippen LogP contribution is -2.08. The Labute approximate surface area is 40.7 Å². The van der Waals surface area contributed by atoms with E-state index in [-0.39, 0.29) is 12.3 Å². The number of nitrogens with zero attached hydrogens (tertiary/aromatic N) is 1. The highest BCUT2D eigenvalue weighted by atomic mass is 16.4. The summed E-state index contributed by atoms with van der Waals surface area (Å²) in [5.74, 6) is -0.269. The van der Waals surface area contributed by atoms with Crippen LogP contribution in [0.2, 0.25) is 0 Å². The van der Waals surface area contributed by atoms with Gasteiger partial charge in [-0.25, -0.2) is 0 Å². The molecule has 0 heterocycles. The largest absolute Gasteiger partial charge is 0.409 e. The van der Waals surface area contributed by atoms with Crippen molar-refractivity contribution < 1.29 is 9.32 Å². The molecule has 6 heavy (non-hydrogen) atoms. The van der Waals surface area contributed by atoms with Gasteiger partial charge in [-0.2, -0.15) is 0 Å². The molecule has 0 amide bonds. The number of hydrogen-bond donors (Lipinski definition) is 2. The molecule has 0 radical (unpaired) electrons. The van der Waals surface area contributed by atoms with E-state index in [1.165, 1.54) is 0 Å². The minimum atomic E-state index is -2.14. The average molecular weight is 91.1 g/mol. The zero-order valence-corrected chi connectivity index (χ0v) is 3.18. The highest BCUT2D eigenvalue weighted by Gasteiger charge is 1.78. The molecule has 0 aromatic carbocycles. The van der Waals surface area contributed by atoms with Crippen molar-refractivity contribution in [2.75, 3.05) is 0 Å². The Balaban J connectivity index is 3.75. The maximum Gasteiger partial charge on any atom is 0.138 e. The van der Waals surface area contributed by atoms with Crippen LogP contribution in [0.25, 0.3) is 0 Å². The van der Waals surface area contributed by atoms with E-state index < -0.39 is 6.85 Å². The summed E-state index contributed by atoms with van der Waals surface area (Å²) in [6.07, 6.45) is -0.372. The van der Waals surface area contributed by atoms with E-state index in [0.717, 1.165) is 0 Å². The number of rotatable bonds is 1. The molecule has 3 heteroatoms. The molecule has 0 unspecified atom stereocenters. The van der Waals surface area contributed by atoms with Crippen LogP contribution in [0.3, 0.4) is 0 Å². The van der Waals surface area contributed by atoms with Gasteiger partial charge in [0.25, 0.3) is 0 Å². The second-order valence-corrected chi connectivity index (χ2v) is 0.768. The third kappa shape index (κ3) is 1.58. The second-order valence-electron chi connectivity index (χ2n) is 0.768. The Morgan fingerprint density at radius 1 is 2.33 bits per heavy atom. The molecule has 0 fully saturated rings. The quantitative estimate of drug-likeness (QED) is 0.209. The summed E-state index contributed by atoms with van der Waals surface area (Å²) >= 11 is 0. The van der Waals surface area contributed by atoms with E-state index in [9.17, 15) is 0 Å². The molecule has 0 bridgehead atoms. The van der Waals surface area contributed by atoms with Gasteiger partial charge in [0, 0.05) is 10.5 Å². The lowest BCUT2D eigenvalue weighted by Gasteiger charge is -1.82. The molecule has 0 aromatic heterocycles. The van der Waals surface area contributed by atoms with Crippen molar-refractivity contribution in [1.82, 2.24) is 0 Å². The smallest absolute Gasteiger partial charge is 0.138 e. The molecule has 3 nitrogen and oxygen atoms in total. The predicted octanol–water partition coefficient (Wildman–Crippen LogP) is 0.143. The van der Waals surface area contributed by atoms with Crippen LogP contribution in [0.15, 0.2) is 5.16 Å². The van der Waals surface area contributed by atoms with Crippen molar-refractivity contribution >= 4 is 5.84 Å². The van der Waals surface area contributed by atoms with Crippen molar-refractivity contribution in [3.8, 4) is 0 Å². The minimum absolute atomic E-state index is 0.269. The monoisotopic (exact) mass is 91.1 g/mol. The molecule has 0 spiro atoms. The minimum Gasteiger partial charge on any atom is -0.409 e. The van der Waals surface area contributed by atoms with Crippen molar-refractivity contribution in [3.05, 3.63) is 0 Å². The number of hydrogen-bond acceptors (Lipinski definition) is 2. The van der Waals surface area contributed by atoms with E-state index >= 15 is 0 Å². The molecular formula is C3H8N2O. The molecule has 36 valence electrons. The third-order valence-electron chi connectivity index (χ3n) is 0.310. The first kappa shape index (κ1) is 1.82. The molecule has 3 N–H and O–H groups in total. The maximum atomic E-state index is 7.91. The normalized spacial score (nSPS) is 21.3. The van der Waals surface area contributed by atoms with Crippen molar-refractivity contribution in [3.63, 3.8) is 0 Å². The van der Waals surface area contributed by atoms with Gasteiger partial charge in [0.1, 0.15) is 5.84 Å². The molecule has 0 aliphatic carbocycles. The topological polar surface area (TPSA) is 58.6 Å². The number of oxime groups is 1. The number of nitrogens with two attached hydrogens (primary N) is 1. The van der Waals surface area contributed by atoms with Gasteiger partial charge in [0.2, 0.25) is 0 Å². The fourth-order valence-electron chi connectivity index (χ4n) is 0.0354. The third-order valence-corrected chi connectivity index (χ3v) is 0.310. The fourth-order valence-corrected chi connectivity index (χ4v) is 0.0354. The summed E-state index contributed by atoms with van der Waals surface area (Å²) in [5, 5.41) is 10.4. The first-order valence-corrected chi connectivity index (χ1v) is 1.42. The molecular weight excluding hydrogens is 80.0 g/mol. The summed E-state index contributed by atoms with van der Waals surface area (Å²) in [5.41, 5.74) is 4.90. The van der Waals surface area contributed by atoms with Gasteiger partial charge in [0.05, 0.1) is 0 Å². The fraction of sp³-hybridized carbons (Fsp3) is 0.667. The Hall–Kier alpha value is -0.730. The zero-order chi connectivity index (χ0) is 7.49. The van der Waals surface area contributed by atoms with Crippen molar-refractivity contribution in [2.45, 2.75) is 13.3 Å². The summed E-state index contributed by atoms with van der Waals surface area (Å²) < 4.78 is 19.9. The Bertz CT molecular complexity index is 119. The zero-order valence-electron chi connectivity index (χ0n) is 6.18. The Morgan fingerprint density at radius 2 is 3.00 bits per heavy atom. The van der Waals surface area contributed by atoms with E-state index in [1.807, 2.05) is 0 Å². The van der Waals surface area contributed by atoms with Crippen LogP contribution >= 0.6 is 0 Å². The maximum absolute atomic E-state index is 7.91. The first-order valence-electron chi connectivity index (χ1n) is 2.92.